The number of nitrogens with two attached hydrogens (primary N) is 1. The first kappa shape index (κ1) is 15.6. The van der Waals surface area contributed by atoms with Gasteiger partial charge in [-0.1, -0.05) is 19.9 Å². The summed E-state index contributed by atoms with van der Waals surface area (Å²) in [5, 5.41) is 3.08. The van der Waals surface area contributed by atoms with Gasteiger partial charge in [-0.15, -0.1) is 0 Å². The molecule has 0 fully saturated rings. The molecule has 4 nitrogen and oxygen atoms in total. The molecule has 0 aliphatic heterocycles. The van der Waals surface area contributed by atoms with Gasteiger partial charge in [-0.2, -0.15) is 0 Å². The number of carbonyl (C=O) groups is 1. The van der Waals surface area contributed by atoms with Crippen molar-refractivity contribution < 1.29 is 4.79 Å². The van der Waals surface area contributed by atoms with Crippen LogP contribution in [0.5, 0.6) is 0 Å². The van der Waals surface area contributed by atoms with Gasteiger partial charge in [-0.25, -0.2) is 0 Å². The lowest BCUT2D eigenvalue weighted by atomic mass is 9.89. The van der Waals surface area contributed by atoms with Gasteiger partial charge >= 0.3 is 0 Å². The molecular weight excluding hydrogens is 238 g/mol. The standard InChI is InChI=1S/C15H25N3O/c1-11(2)8-15(4,10-16)18-14(19)12(3)13-6-5-7-17-9-13/h5-7,9,11-12H,8,10,16H2,1-4H3,(H,18,19). The van der Waals surface area contributed by atoms with E-state index in [2.05, 4.69) is 24.1 Å². The first-order valence-electron chi connectivity index (χ1n) is 6.80. The predicted octanol–water partition coefficient (Wildman–Crippen LogP) is 2.06. The minimum absolute atomic E-state index is 0.00148. The van der Waals surface area contributed by atoms with Gasteiger partial charge in [-0.05, 0) is 37.8 Å². The van der Waals surface area contributed by atoms with Crippen LogP contribution in [0.15, 0.2) is 24.5 Å². The van der Waals surface area contributed by atoms with Crippen molar-refractivity contribution in [3.05, 3.63) is 30.1 Å². The number of carbonyl (C=O) groups excluding carboxylic acids is 1. The smallest absolute Gasteiger partial charge is 0.227 e. The van der Waals surface area contributed by atoms with Crippen LogP contribution in [0.4, 0.5) is 0 Å². The lowest BCUT2D eigenvalue weighted by molar-refractivity contribution is -0.124. The monoisotopic (exact) mass is 263 g/mol. The summed E-state index contributed by atoms with van der Waals surface area (Å²) in [5.74, 6) is 0.274. The molecule has 0 aliphatic rings. The number of hydrogen-bond donors (Lipinski definition) is 2. The van der Waals surface area contributed by atoms with Crippen LogP contribution in [0.3, 0.4) is 0 Å². The maximum atomic E-state index is 12.3. The molecule has 1 aromatic heterocycles. The summed E-state index contributed by atoms with van der Waals surface area (Å²) in [5.41, 5.74) is 6.39. The lowest BCUT2D eigenvalue weighted by Gasteiger charge is -2.32. The molecule has 0 bridgehead atoms. The molecule has 2 atom stereocenters. The lowest BCUT2D eigenvalue weighted by Crippen LogP contribution is -2.53. The average molecular weight is 263 g/mol. The Balaban J connectivity index is 2.73. The Morgan fingerprint density at radius 2 is 2.16 bits per heavy atom. The van der Waals surface area contributed by atoms with Crippen LogP contribution < -0.4 is 11.1 Å². The molecule has 0 aromatic carbocycles. The second-order valence-electron chi connectivity index (χ2n) is 5.86. The Kier molecular flexibility index (Phi) is 5.48. The summed E-state index contributed by atoms with van der Waals surface area (Å²) in [6, 6.07) is 3.76. The van der Waals surface area contributed by atoms with E-state index in [4.69, 9.17) is 5.73 Å². The molecule has 0 spiro atoms. The van der Waals surface area contributed by atoms with E-state index in [1.807, 2.05) is 26.0 Å². The van der Waals surface area contributed by atoms with Gasteiger partial charge in [0.25, 0.3) is 0 Å². The normalized spacial score (nSPS) is 15.9. The third kappa shape index (κ3) is 4.63. The first-order valence-corrected chi connectivity index (χ1v) is 6.80. The number of rotatable bonds is 6. The Morgan fingerprint density at radius 1 is 1.47 bits per heavy atom. The third-order valence-electron chi connectivity index (χ3n) is 3.31. The fraction of sp³-hybridized carbons (Fsp3) is 0.600. The highest BCUT2D eigenvalue weighted by molar-refractivity contribution is 5.83. The van der Waals surface area contributed by atoms with Crippen molar-refractivity contribution in [2.75, 3.05) is 6.54 Å². The van der Waals surface area contributed by atoms with Crippen molar-refractivity contribution in [2.24, 2.45) is 11.7 Å². The number of aromatic nitrogens is 1. The first-order chi connectivity index (χ1) is 8.88. The van der Waals surface area contributed by atoms with Gasteiger partial charge in [0.15, 0.2) is 0 Å². The number of amides is 1. The maximum absolute atomic E-state index is 12.3. The van der Waals surface area contributed by atoms with E-state index in [0.717, 1.165) is 12.0 Å². The van der Waals surface area contributed by atoms with Gasteiger partial charge < -0.3 is 11.1 Å². The topological polar surface area (TPSA) is 68.0 Å². The summed E-state index contributed by atoms with van der Waals surface area (Å²) in [6.07, 6.45) is 4.30. The predicted molar refractivity (Wildman–Crippen MR) is 77.7 cm³/mol. The quantitative estimate of drug-likeness (QED) is 0.825. The van der Waals surface area contributed by atoms with Crippen LogP contribution in [-0.4, -0.2) is 23.0 Å². The van der Waals surface area contributed by atoms with Crippen molar-refractivity contribution in [1.82, 2.24) is 10.3 Å². The summed E-state index contributed by atoms with van der Waals surface area (Å²) in [6.45, 7) is 8.59. The molecule has 4 heteroatoms. The number of pyridine rings is 1. The molecule has 1 rings (SSSR count). The third-order valence-corrected chi connectivity index (χ3v) is 3.31. The summed E-state index contributed by atoms with van der Waals surface area (Å²) < 4.78 is 0. The van der Waals surface area contributed by atoms with Crippen molar-refractivity contribution in [2.45, 2.75) is 45.6 Å². The Hall–Kier alpha value is -1.42. The molecule has 19 heavy (non-hydrogen) atoms. The van der Waals surface area contributed by atoms with Gasteiger partial charge in [0.05, 0.1) is 5.92 Å². The largest absolute Gasteiger partial charge is 0.349 e. The van der Waals surface area contributed by atoms with E-state index in [9.17, 15) is 4.79 Å². The summed E-state index contributed by atoms with van der Waals surface area (Å²) >= 11 is 0. The van der Waals surface area contributed by atoms with Crippen LogP contribution in [0.2, 0.25) is 0 Å². The molecular formula is C15H25N3O. The van der Waals surface area contributed by atoms with Gasteiger partial charge in [-0.3, -0.25) is 9.78 Å². The fourth-order valence-electron chi connectivity index (χ4n) is 2.28. The zero-order valence-electron chi connectivity index (χ0n) is 12.3. The second-order valence-corrected chi connectivity index (χ2v) is 5.86. The summed E-state index contributed by atoms with van der Waals surface area (Å²) in [7, 11) is 0. The van der Waals surface area contributed by atoms with Gasteiger partial charge in [0.1, 0.15) is 0 Å². The maximum Gasteiger partial charge on any atom is 0.227 e. The van der Waals surface area contributed by atoms with E-state index in [-0.39, 0.29) is 17.4 Å². The van der Waals surface area contributed by atoms with Crippen LogP contribution in [0.1, 0.15) is 45.6 Å². The molecule has 2 unspecified atom stereocenters. The number of nitrogens with zero attached hydrogens (tertiary/aromatic N) is 1. The zero-order valence-corrected chi connectivity index (χ0v) is 12.3. The van der Waals surface area contributed by atoms with E-state index in [1.54, 1.807) is 12.4 Å². The van der Waals surface area contributed by atoms with Crippen molar-refractivity contribution in [3.8, 4) is 0 Å². The van der Waals surface area contributed by atoms with Crippen molar-refractivity contribution >= 4 is 5.91 Å². The minimum Gasteiger partial charge on any atom is -0.349 e. The minimum atomic E-state index is -0.346. The Morgan fingerprint density at radius 3 is 2.63 bits per heavy atom. The molecule has 0 saturated carbocycles. The SMILES string of the molecule is CC(C)CC(C)(CN)NC(=O)C(C)c1cccnc1. The van der Waals surface area contributed by atoms with E-state index in [0.29, 0.717) is 12.5 Å². The van der Waals surface area contributed by atoms with Crippen molar-refractivity contribution in [1.29, 1.82) is 0 Å². The highest BCUT2D eigenvalue weighted by Gasteiger charge is 2.28. The molecule has 1 aromatic rings. The zero-order chi connectivity index (χ0) is 14.5. The molecule has 1 heterocycles. The molecule has 106 valence electrons. The fourth-order valence-corrected chi connectivity index (χ4v) is 2.28. The number of hydrogen-bond acceptors (Lipinski definition) is 3. The second kappa shape index (κ2) is 6.66. The number of nitrogens with one attached hydrogen (secondary N) is 1. The van der Waals surface area contributed by atoms with Crippen LogP contribution >= 0.6 is 0 Å². The molecule has 1 amide bonds. The van der Waals surface area contributed by atoms with E-state index >= 15 is 0 Å². The van der Waals surface area contributed by atoms with Gasteiger partial charge in [0, 0.05) is 24.5 Å². The van der Waals surface area contributed by atoms with Crippen LogP contribution in [0.25, 0.3) is 0 Å². The Labute approximate surface area is 115 Å². The highest BCUT2D eigenvalue weighted by Crippen LogP contribution is 2.19. The van der Waals surface area contributed by atoms with Gasteiger partial charge in [0.2, 0.25) is 5.91 Å². The summed E-state index contributed by atoms with van der Waals surface area (Å²) in [4.78, 5) is 16.4. The highest BCUT2D eigenvalue weighted by atomic mass is 16.2. The molecule has 3 N–H and O–H groups in total. The van der Waals surface area contributed by atoms with Crippen LogP contribution in [0, 0.1) is 5.92 Å². The average Bonchev–Trinajstić information content (AvgIpc) is 2.37. The van der Waals surface area contributed by atoms with Crippen molar-refractivity contribution in [3.63, 3.8) is 0 Å². The van der Waals surface area contributed by atoms with E-state index < -0.39 is 0 Å². The Bertz CT molecular complexity index is 405. The van der Waals surface area contributed by atoms with Crippen LogP contribution in [-0.2, 0) is 4.79 Å². The molecule has 0 aliphatic carbocycles. The van der Waals surface area contributed by atoms with E-state index in [1.165, 1.54) is 0 Å². The molecule has 0 saturated heterocycles. The molecule has 0 radical (unpaired) electrons.